The molecule has 25 heavy (non-hydrogen) atoms. The topological polar surface area (TPSA) is 74.9 Å². The van der Waals surface area contributed by atoms with Crippen molar-refractivity contribution >= 4 is 11.8 Å². The molecule has 7 heteroatoms. The molecule has 1 fully saturated rings. The molecule has 1 aromatic carbocycles. The Morgan fingerprint density at radius 3 is 1.84 bits per heavy atom. The van der Waals surface area contributed by atoms with Crippen LogP contribution < -0.4 is 9.47 Å². The highest BCUT2D eigenvalue weighted by atomic mass is 16.5. The second-order valence-electron chi connectivity index (χ2n) is 5.79. The average Bonchev–Trinajstić information content (AvgIpc) is 3.21. The first-order valence-corrected chi connectivity index (χ1v) is 8.07. The number of hydrogen-bond acceptors (Lipinski definition) is 4. The first-order chi connectivity index (χ1) is 12.1. The molecule has 2 aromatic rings. The minimum absolute atomic E-state index is 0.0172. The monoisotopic (exact) mass is 343 g/mol. The van der Waals surface area contributed by atoms with Crippen LogP contribution >= 0.6 is 0 Å². The normalized spacial score (nSPS) is 14.3. The number of nitrogens with zero attached hydrogens (tertiary/aromatic N) is 2. The van der Waals surface area contributed by atoms with Gasteiger partial charge in [0.15, 0.2) is 0 Å². The minimum atomic E-state index is -0.0917. The van der Waals surface area contributed by atoms with Gasteiger partial charge in [0.1, 0.15) is 11.5 Å². The summed E-state index contributed by atoms with van der Waals surface area (Å²) < 4.78 is 10.4. The lowest BCUT2D eigenvalue weighted by Crippen LogP contribution is -2.50. The quantitative estimate of drug-likeness (QED) is 0.916. The summed E-state index contributed by atoms with van der Waals surface area (Å²) in [5.41, 5.74) is 1.15. The molecule has 0 saturated carbocycles. The Labute approximate surface area is 146 Å². The van der Waals surface area contributed by atoms with Crippen molar-refractivity contribution in [1.82, 2.24) is 14.8 Å². The second kappa shape index (κ2) is 7.29. The Balaban J connectivity index is 1.66. The van der Waals surface area contributed by atoms with E-state index in [1.54, 1.807) is 60.7 Å². The standard InChI is InChI=1S/C18H21N3O4/c1-24-15-9-14(10-16(11-15)25-2)18(23)21-7-5-20(6-8-21)17(22)13-3-4-19-12-13/h3-4,9-12,19H,5-8H2,1-2H3. The number of piperazine rings is 1. The van der Waals surface area contributed by atoms with Crippen LogP contribution in [-0.2, 0) is 0 Å². The molecule has 1 aliphatic rings. The lowest BCUT2D eigenvalue weighted by Gasteiger charge is -2.34. The van der Waals surface area contributed by atoms with E-state index >= 15 is 0 Å². The lowest BCUT2D eigenvalue weighted by atomic mass is 10.1. The molecule has 1 saturated heterocycles. The molecule has 1 aromatic heterocycles. The van der Waals surface area contributed by atoms with E-state index in [1.807, 2.05) is 0 Å². The SMILES string of the molecule is COc1cc(OC)cc(C(=O)N2CCN(C(=O)c3cc[nH]c3)CC2)c1. The van der Waals surface area contributed by atoms with Crippen LogP contribution in [0.5, 0.6) is 11.5 Å². The van der Waals surface area contributed by atoms with Crippen molar-refractivity contribution in [3.05, 3.63) is 47.8 Å². The highest BCUT2D eigenvalue weighted by Gasteiger charge is 2.26. The molecule has 0 spiro atoms. The molecule has 132 valence electrons. The molecule has 0 radical (unpaired) electrons. The predicted molar refractivity (Wildman–Crippen MR) is 92.1 cm³/mol. The van der Waals surface area contributed by atoms with E-state index in [-0.39, 0.29) is 11.8 Å². The molecule has 2 amide bonds. The average molecular weight is 343 g/mol. The number of methoxy groups -OCH3 is 2. The Morgan fingerprint density at radius 1 is 0.880 bits per heavy atom. The summed E-state index contributed by atoms with van der Waals surface area (Å²) in [6, 6.07) is 6.87. The Morgan fingerprint density at radius 2 is 1.40 bits per heavy atom. The number of nitrogens with one attached hydrogen (secondary N) is 1. The molecule has 0 bridgehead atoms. The van der Waals surface area contributed by atoms with Crippen molar-refractivity contribution in [1.29, 1.82) is 0 Å². The van der Waals surface area contributed by atoms with Crippen molar-refractivity contribution in [2.45, 2.75) is 0 Å². The third kappa shape index (κ3) is 3.60. The van der Waals surface area contributed by atoms with E-state index in [0.717, 1.165) is 0 Å². The molecule has 0 atom stereocenters. The van der Waals surface area contributed by atoms with Crippen molar-refractivity contribution in [2.75, 3.05) is 40.4 Å². The molecule has 0 aliphatic carbocycles. The molecular weight excluding hydrogens is 322 g/mol. The van der Waals surface area contributed by atoms with Crippen LogP contribution in [0.15, 0.2) is 36.7 Å². The van der Waals surface area contributed by atoms with Crippen LogP contribution in [0.2, 0.25) is 0 Å². The zero-order valence-electron chi connectivity index (χ0n) is 14.3. The number of carbonyl (C=O) groups is 2. The van der Waals surface area contributed by atoms with Crippen LogP contribution in [0.25, 0.3) is 0 Å². The number of benzene rings is 1. The summed E-state index contributed by atoms with van der Waals surface area (Å²) >= 11 is 0. The summed E-state index contributed by atoms with van der Waals surface area (Å²) in [6.07, 6.45) is 3.41. The van der Waals surface area contributed by atoms with Gasteiger partial charge < -0.3 is 24.3 Å². The molecule has 1 N–H and O–H groups in total. The maximum atomic E-state index is 12.7. The molecule has 0 unspecified atom stereocenters. The fourth-order valence-corrected chi connectivity index (χ4v) is 2.87. The van der Waals surface area contributed by atoms with Crippen molar-refractivity contribution in [3.8, 4) is 11.5 Å². The number of hydrogen-bond donors (Lipinski definition) is 1. The summed E-state index contributed by atoms with van der Waals surface area (Å²) in [6.45, 7) is 2.01. The van der Waals surface area contributed by atoms with Gasteiger partial charge in [-0.3, -0.25) is 9.59 Å². The van der Waals surface area contributed by atoms with Crippen LogP contribution in [-0.4, -0.2) is 67.0 Å². The fraction of sp³-hybridized carbons (Fsp3) is 0.333. The maximum absolute atomic E-state index is 12.7. The van der Waals surface area contributed by atoms with Gasteiger partial charge in [-0.15, -0.1) is 0 Å². The molecule has 3 rings (SSSR count). The van der Waals surface area contributed by atoms with Gasteiger partial charge in [-0.2, -0.15) is 0 Å². The van der Waals surface area contributed by atoms with E-state index in [9.17, 15) is 9.59 Å². The van der Waals surface area contributed by atoms with E-state index in [0.29, 0.717) is 48.8 Å². The van der Waals surface area contributed by atoms with Gasteiger partial charge in [0.05, 0.1) is 19.8 Å². The largest absolute Gasteiger partial charge is 0.497 e. The number of aromatic amines is 1. The first kappa shape index (κ1) is 16.9. The van der Waals surface area contributed by atoms with Crippen molar-refractivity contribution in [3.63, 3.8) is 0 Å². The van der Waals surface area contributed by atoms with E-state index < -0.39 is 0 Å². The van der Waals surface area contributed by atoms with Gasteiger partial charge in [-0.05, 0) is 18.2 Å². The van der Waals surface area contributed by atoms with Gasteiger partial charge in [0.25, 0.3) is 11.8 Å². The van der Waals surface area contributed by atoms with Crippen LogP contribution in [0.4, 0.5) is 0 Å². The number of aromatic nitrogens is 1. The summed E-state index contributed by atoms with van der Waals surface area (Å²) in [5, 5.41) is 0. The number of rotatable bonds is 4. The molecule has 7 nitrogen and oxygen atoms in total. The predicted octanol–water partition coefficient (Wildman–Crippen LogP) is 1.63. The van der Waals surface area contributed by atoms with Gasteiger partial charge >= 0.3 is 0 Å². The summed E-state index contributed by atoms with van der Waals surface area (Å²) in [7, 11) is 3.10. The number of amides is 2. The third-order valence-corrected chi connectivity index (χ3v) is 4.30. The van der Waals surface area contributed by atoms with Gasteiger partial charge in [0.2, 0.25) is 0 Å². The fourth-order valence-electron chi connectivity index (χ4n) is 2.87. The zero-order chi connectivity index (χ0) is 17.8. The Bertz CT molecular complexity index is 727. The zero-order valence-corrected chi connectivity index (χ0v) is 14.3. The van der Waals surface area contributed by atoms with Crippen LogP contribution in [0.3, 0.4) is 0 Å². The Kier molecular flexibility index (Phi) is 4.92. The summed E-state index contributed by atoms with van der Waals surface area (Å²) in [5.74, 6) is 1.04. The smallest absolute Gasteiger partial charge is 0.255 e. The van der Waals surface area contributed by atoms with E-state index in [1.165, 1.54) is 0 Å². The number of carbonyl (C=O) groups excluding carboxylic acids is 2. The van der Waals surface area contributed by atoms with Crippen molar-refractivity contribution in [2.24, 2.45) is 0 Å². The van der Waals surface area contributed by atoms with E-state index in [4.69, 9.17) is 9.47 Å². The molecule has 2 heterocycles. The van der Waals surface area contributed by atoms with Gasteiger partial charge in [0, 0.05) is 50.2 Å². The minimum Gasteiger partial charge on any atom is -0.497 e. The summed E-state index contributed by atoms with van der Waals surface area (Å²) in [4.78, 5) is 31.5. The number of H-pyrrole nitrogens is 1. The van der Waals surface area contributed by atoms with Crippen molar-refractivity contribution < 1.29 is 19.1 Å². The van der Waals surface area contributed by atoms with Gasteiger partial charge in [-0.1, -0.05) is 0 Å². The highest BCUT2D eigenvalue weighted by Crippen LogP contribution is 2.24. The van der Waals surface area contributed by atoms with E-state index in [2.05, 4.69) is 4.98 Å². The molecule has 1 aliphatic heterocycles. The lowest BCUT2D eigenvalue weighted by molar-refractivity contribution is 0.0535. The number of ether oxygens (including phenoxy) is 2. The van der Waals surface area contributed by atoms with Crippen LogP contribution in [0.1, 0.15) is 20.7 Å². The third-order valence-electron chi connectivity index (χ3n) is 4.30. The first-order valence-electron chi connectivity index (χ1n) is 8.07. The highest BCUT2D eigenvalue weighted by molar-refractivity contribution is 5.96. The van der Waals surface area contributed by atoms with Crippen LogP contribution in [0, 0.1) is 0 Å². The Hall–Kier alpha value is -2.96. The second-order valence-corrected chi connectivity index (χ2v) is 5.79. The maximum Gasteiger partial charge on any atom is 0.255 e. The molecular formula is C18H21N3O4. The van der Waals surface area contributed by atoms with Gasteiger partial charge in [-0.25, -0.2) is 0 Å².